The van der Waals surface area contributed by atoms with Crippen LogP contribution in [0.15, 0.2) is 22.7 Å². The van der Waals surface area contributed by atoms with Crippen molar-refractivity contribution in [1.82, 2.24) is 0 Å². The van der Waals surface area contributed by atoms with Gasteiger partial charge in [0.2, 0.25) is 0 Å². The van der Waals surface area contributed by atoms with E-state index in [-0.39, 0.29) is 10.9 Å². The minimum atomic E-state index is -4.21. The summed E-state index contributed by atoms with van der Waals surface area (Å²) in [6.07, 6.45) is -5.36. The average molecular weight is 300 g/mol. The maximum Gasteiger partial charge on any atom is 0.389 e. The summed E-state index contributed by atoms with van der Waals surface area (Å²) in [5, 5.41) is 0. The Hall–Kier alpha value is -0.620. The second-order valence-corrected chi connectivity index (χ2v) is 4.29. The van der Waals surface area contributed by atoms with Crippen LogP contribution >= 0.6 is 15.9 Å². The number of benzene rings is 1. The van der Waals surface area contributed by atoms with Crippen LogP contribution in [0, 0.1) is 5.82 Å². The van der Waals surface area contributed by atoms with Gasteiger partial charge in [0.1, 0.15) is 5.82 Å². The Kier molecular flexibility index (Phi) is 4.32. The molecule has 90 valence electrons. The van der Waals surface area contributed by atoms with Crippen molar-refractivity contribution in [2.24, 2.45) is 5.73 Å². The lowest BCUT2D eigenvalue weighted by atomic mass is 10.0. The van der Waals surface area contributed by atoms with Gasteiger partial charge in [0.05, 0.1) is 4.47 Å². The summed E-state index contributed by atoms with van der Waals surface area (Å²) in [7, 11) is 0. The number of hydrogen-bond donors (Lipinski definition) is 1. The Balaban J connectivity index is 2.66. The minimum absolute atomic E-state index is 0.201. The number of hydrogen-bond acceptors (Lipinski definition) is 1. The van der Waals surface area contributed by atoms with Gasteiger partial charge in [-0.25, -0.2) is 4.39 Å². The number of rotatable bonds is 3. The molecular formula is C10H10BrF4N. The summed E-state index contributed by atoms with van der Waals surface area (Å²) in [5.74, 6) is -0.466. The molecule has 1 aromatic carbocycles. The lowest BCUT2D eigenvalue weighted by Crippen LogP contribution is -2.15. The molecule has 0 heterocycles. The second-order valence-electron chi connectivity index (χ2n) is 3.43. The van der Waals surface area contributed by atoms with Gasteiger partial charge in [0.25, 0.3) is 0 Å². The monoisotopic (exact) mass is 299 g/mol. The fourth-order valence-corrected chi connectivity index (χ4v) is 1.63. The quantitative estimate of drug-likeness (QED) is 0.841. The van der Waals surface area contributed by atoms with Gasteiger partial charge < -0.3 is 5.73 Å². The van der Waals surface area contributed by atoms with Crippen LogP contribution in [0.1, 0.15) is 24.4 Å². The summed E-state index contributed by atoms with van der Waals surface area (Å²) in [4.78, 5) is 0. The van der Waals surface area contributed by atoms with Gasteiger partial charge in [0, 0.05) is 12.5 Å². The van der Waals surface area contributed by atoms with Gasteiger partial charge in [-0.2, -0.15) is 13.2 Å². The van der Waals surface area contributed by atoms with Crippen LogP contribution < -0.4 is 5.73 Å². The van der Waals surface area contributed by atoms with Crippen LogP contribution in [0.5, 0.6) is 0 Å². The first-order valence-electron chi connectivity index (χ1n) is 4.57. The Labute approximate surface area is 98.8 Å². The van der Waals surface area contributed by atoms with Crippen LogP contribution in [0.2, 0.25) is 0 Å². The van der Waals surface area contributed by atoms with Crippen LogP contribution in [0.25, 0.3) is 0 Å². The van der Waals surface area contributed by atoms with E-state index in [1.54, 1.807) is 0 Å². The van der Waals surface area contributed by atoms with Crippen LogP contribution in [-0.4, -0.2) is 6.18 Å². The summed E-state index contributed by atoms with van der Waals surface area (Å²) >= 11 is 2.95. The van der Waals surface area contributed by atoms with Crippen molar-refractivity contribution in [2.45, 2.75) is 25.1 Å². The summed E-state index contributed by atoms with van der Waals surface area (Å²) in [5.41, 5.74) is 6.06. The van der Waals surface area contributed by atoms with Gasteiger partial charge in [-0.1, -0.05) is 6.07 Å². The molecule has 1 aromatic rings. The Morgan fingerprint density at radius 2 is 1.94 bits per heavy atom. The molecule has 1 rings (SSSR count). The SMILES string of the molecule is NC(CCC(F)(F)F)c1ccc(F)c(Br)c1. The number of alkyl halides is 3. The highest BCUT2D eigenvalue weighted by molar-refractivity contribution is 9.10. The highest BCUT2D eigenvalue weighted by atomic mass is 79.9. The standard InChI is InChI=1S/C10H10BrF4N/c11-7-5-6(1-2-8(7)12)9(16)3-4-10(13,14)15/h1-2,5,9H,3-4,16H2. The molecule has 0 amide bonds. The van der Waals surface area contributed by atoms with Crippen molar-refractivity contribution < 1.29 is 17.6 Å². The molecule has 16 heavy (non-hydrogen) atoms. The predicted octanol–water partition coefficient (Wildman–Crippen LogP) is 3.93. The fraction of sp³-hybridized carbons (Fsp3) is 0.400. The van der Waals surface area contributed by atoms with E-state index in [1.807, 2.05) is 0 Å². The van der Waals surface area contributed by atoms with Gasteiger partial charge in [0.15, 0.2) is 0 Å². The first-order valence-corrected chi connectivity index (χ1v) is 5.36. The summed E-state index contributed by atoms with van der Waals surface area (Å²) in [6.45, 7) is 0. The first-order chi connectivity index (χ1) is 7.29. The zero-order valence-corrected chi connectivity index (χ0v) is 9.78. The van der Waals surface area contributed by atoms with Gasteiger partial charge >= 0.3 is 6.18 Å². The second kappa shape index (κ2) is 5.14. The lowest BCUT2D eigenvalue weighted by molar-refractivity contribution is -0.136. The van der Waals surface area contributed by atoms with Crippen molar-refractivity contribution in [2.75, 3.05) is 0 Å². The molecule has 1 unspecified atom stereocenters. The zero-order chi connectivity index (χ0) is 12.3. The van der Waals surface area contributed by atoms with E-state index in [1.165, 1.54) is 18.2 Å². The van der Waals surface area contributed by atoms with E-state index in [4.69, 9.17) is 5.73 Å². The normalized spacial score (nSPS) is 13.9. The van der Waals surface area contributed by atoms with Gasteiger partial charge in [-0.3, -0.25) is 0 Å². The molecule has 0 aromatic heterocycles. The molecule has 0 saturated carbocycles. The van der Waals surface area contributed by atoms with Crippen LogP contribution in [0.4, 0.5) is 17.6 Å². The van der Waals surface area contributed by atoms with Gasteiger partial charge in [-0.05, 0) is 40.0 Å². The maximum absolute atomic E-state index is 12.9. The van der Waals surface area contributed by atoms with E-state index in [2.05, 4.69) is 15.9 Å². The highest BCUT2D eigenvalue weighted by Crippen LogP contribution is 2.27. The third-order valence-electron chi connectivity index (χ3n) is 2.11. The fourth-order valence-electron chi connectivity index (χ4n) is 1.23. The van der Waals surface area contributed by atoms with Crippen LogP contribution in [0.3, 0.4) is 0 Å². The third kappa shape index (κ3) is 4.09. The molecule has 0 aliphatic carbocycles. The summed E-state index contributed by atoms with van der Waals surface area (Å²) in [6, 6.07) is 3.23. The van der Waals surface area contributed by atoms with Gasteiger partial charge in [-0.15, -0.1) is 0 Å². The average Bonchev–Trinajstić information content (AvgIpc) is 2.17. The lowest BCUT2D eigenvalue weighted by Gasteiger charge is -2.13. The highest BCUT2D eigenvalue weighted by Gasteiger charge is 2.27. The minimum Gasteiger partial charge on any atom is -0.324 e. The molecule has 1 atom stereocenters. The molecule has 0 radical (unpaired) electrons. The Morgan fingerprint density at radius 1 is 1.31 bits per heavy atom. The number of nitrogens with two attached hydrogens (primary N) is 1. The predicted molar refractivity (Wildman–Crippen MR) is 56.3 cm³/mol. The van der Waals surface area contributed by atoms with E-state index in [9.17, 15) is 17.6 Å². The molecule has 0 aliphatic heterocycles. The smallest absolute Gasteiger partial charge is 0.324 e. The molecule has 2 N–H and O–H groups in total. The maximum atomic E-state index is 12.9. The van der Waals surface area contributed by atoms with Crippen LogP contribution in [-0.2, 0) is 0 Å². The summed E-state index contributed by atoms with van der Waals surface area (Å²) < 4.78 is 48.9. The molecule has 6 heteroatoms. The zero-order valence-electron chi connectivity index (χ0n) is 8.19. The Bertz CT molecular complexity index is 364. The van der Waals surface area contributed by atoms with Crippen molar-refractivity contribution in [3.8, 4) is 0 Å². The first kappa shape index (κ1) is 13.4. The van der Waals surface area contributed by atoms with Crippen molar-refractivity contribution in [3.05, 3.63) is 34.1 Å². The van der Waals surface area contributed by atoms with Crippen molar-refractivity contribution >= 4 is 15.9 Å². The molecule has 0 saturated heterocycles. The Morgan fingerprint density at radius 3 is 2.44 bits per heavy atom. The van der Waals surface area contributed by atoms with Crippen molar-refractivity contribution in [1.29, 1.82) is 0 Å². The van der Waals surface area contributed by atoms with E-state index in [0.717, 1.165) is 0 Å². The van der Waals surface area contributed by atoms with E-state index < -0.39 is 24.5 Å². The topological polar surface area (TPSA) is 26.0 Å². The molecule has 1 nitrogen and oxygen atoms in total. The molecule has 0 fully saturated rings. The number of halogens is 5. The third-order valence-corrected chi connectivity index (χ3v) is 2.72. The van der Waals surface area contributed by atoms with E-state index >= 15 is 0 Å². The van der Waals surface area contributed by atoms with E-state index in [0.29, 0.717) is 5.56 Å². The molecule has 0 bridgehead atoms. The molecule has 0 spiro atoms. The molecule has 0 aliphatic rings. The molecular weight excluding hydrogens is 290 g/mol. The largest absolute Gasteiger partial charge is 0.389 e. The van der Waals surface area contributed by atoms with Crippen molar-refractivity contribution in [3.63, 3.8) is 0 Å².